The van der Waals surface area contributed by atoms with E-state index in [1.165, 1.54) is 5.01 Å². The Balaban J connectivity index is 2.32. The second-order valence-corrected chi connectivity index (χ2v) is 4.06. The van der Waals surface area contributed by atoms with Gasteiger partial charge in [-0.25, -0.2) is 14.7 Å². The molecule has 1 aliphatic rings. The highest BCUT2D eigenvalue weighted by molar-refractivity contribution is 6.64. The van der Waals surface area contributed by atoms with Crippen molar-refractivity contribution in [2.45, 2.75) is 13.8 Å². The van der Waals surface area contributed by atoms with E-state index in [2.05, 4.69) is 0 Å². The maximum absolute atomic E-state index is 11.9. The number of nitrogens with zero attached hydrogens (tertiary/aromatic N) is 3. The van der Waals surface area contributed by atoms with Crippen LogP contribution in [-0.4, -0.2) is 34.1 Å². The number of aromatic nitrogens is 1. The Morgan fingerprint density at radius 2 is 1.81 bits per heavy atom. The summed E-state index contributed by atoms with van der Waals surface area (Å²) in [6.45, 7) is 4.61. The van der Waals surface area contributed by atoms with Crippen molar-refractivity contribution in [1.82, 2.24) is 9.58 Å². The summed E-state index contributed by atoms with van der Waals surface area (Å²) in [6.07, 6.45) is 0. The molecule has 86 valence electrons. The molecule has 0 atom stereocenters. The van der Waals surface area contributed by atoms with E-state index < -0.39 is 5.37 Å². The van der Waals surface area contributed by atoms with Crippen LogP contribution in [0.3, 0.4) is 0 Å². The summed E-state index contributed by atoms with van der Waals surface area (Å²) in [5, 5.41) is 0.792. The number of hydrogen-bond donors (Lipinski definition) is 0. The fourth-order valence-corrected chi connectivity index (χ4v) is 2.07. The van der Waals surface area contributed by atoms with Crippen molar-refractivity contribution in [3.63, 3.8) is 0 Å². The van der Waals surface area contributed by atoms with E-state index in [0.717, 1.165) is 16.3 Å². The van der Waals surface area contributed by atoms with Gasteiger partial charge in [-0.1, -0.05) is 0 Å². The van der Waals surface area contributed by atoms with Crippen LogP contribution in [0.4, 0.5) is 9.59 Å². The van der Waals surface area contributed by atoms with Gasteiger partial charge in [0.25, 0.3) is 0 Å². The van der Waals surface area contributed by atoms with E-state index in [4.69, 9.17) is 11.6 Å². The average molecular weight is 242 g/mol. The van der Waals surface area contributed by atoms with E-state index in [9.17, 15) is 9.59 Å². The predicted molar refractivity (Wildman–Crippen MR) is 60.3 cm³/mol. The van der Waals surface area contributed by atoms with Gasteiger partial charge in [-0.2, -0.15) is 0 Å². The van der Waals surface area contributed by atoms with Crippen LogP contribution in [0, 0.1) is 13.8 Å². The minimum atomic E-state index is -0.727. The highest BCUT2D eigenvalue weighted by atomic mass is 35.5. The number of carbonyl (C=O) groups excluding carboxylic acids is 2. The molecule has 0 radical (unpaired) electrons. The molecule has 6 heteroatoms. The SMILES string of the molecule is Cc1ccc(C)n1N1CCN(C(=O)Cl)C1=O. The molecule has 0 aliphatic carbocycles. The van der Waals surface area contributed by atoms with Crippen LogP contribution in [0.25, 0.3) is 0 Å². The summed E-state index contributed by atoms with van der Waals surface area (Å²) in [6, 6.07) is 3.48. The van der Waals surface area contributed by atoms with Crippen LogP contribution in [0.15, 0.2) is 12.1 Å². The van der Waals surface area contributed by atoms with Gasteiger partial charge >= 0.3 is 11.4 Å². The second kappa shape index (κ2) is 3.83. The Morgan fingerprint density at radius 1 is 1.25 bits per heavy atom. The summed E-state index contributed by atoms with van der Waals surface area (Å²) >= 11 is 5.32. The Labute approximate surface area is 98.2 Å². The zero-order valence-corrected chi connectivity index (χ0v) is 9.86. The average Bonchev–Trinajstić information content (AvgIpc) is 2.71. The Morgan fingerprint density at radius 3 is 2.25 bits per heavy atom. The molecule has 1 aromatic rings. The lowest BCUT2D eigenvalue weighted by Crippen LogP contribution is -2.41. The maximum atomic E-state index is 11.9. The normalized spacial score (nSPS) is 16.1. The van der Waals surface area contributed by atoms with Crippen molar-refractivity contribution >= 4 is 23.0 Å². The molecule has 3 amide bonds. The van der Waals surface area contributed by atoms with E-state index in [1.807, 2.05) is 26.0 Å². The molecule has 0 N–H and O–H groups in total. The van der Waals surface area contributed by atoms with Crippen molar-refractivity contribution in [2.24, 2.45) is 0 Å². The monoisotopic (exact) mass is 241 g/mol. The zero-order chi connectivity index (χ0) is 11.9. The number of imide groups is 1. The Bertz CT molecular complexity index is 435. The fourth-order valence-electron chi connectivity index (χ4n) is 1.92. The molecule has 0 aromatic carbocycles. The number of urea groups is 1. The van der Waals surface area contributed by atoms with Crippen LogP contribution in [0.2, 0.25) is 0 Å². The second-order valence-electron chi connectivity index (χ2n) is 3.74. The van der Waals surface area contributed by atoms with Gasteiger partial charge in [0.1, 0.15) is 0 Å². The molecule has 0 bridgehead atoms. The number of halogens is 1. The van der Waals surface area contributed by atoms with E-state index in [-0.39, 0.29) is 6.03 Å². The molecule has 0 saturated carbocycles. The summed E-state index contributed by atoms with van der Waals surface area (Å²) in [4.78, 5) is 23.9. The van der Waals surface area contributed by atoms with E-state index >= 15 is 0 Å². The van der Waals surface area contributed by atoms with Gasteiger partial charge in [0.2, 0.25) is 0 Å². The number of aryl methyl sites for hydroxylation is 2. The molecule has 2 heterocycles. The number of amides is 3. The summed E-state index contributed by atoms with van der Waals surface area (Å²) in [5.41, 5.74) is 1.91. The summed E-state index contributed by atoms with van der Waals surface area (Å²) in [5.74, 6) is 0. The van der Waals surface area contributed by atoms with E-state index in [1.54, 1.807) is 4.68 Å². The molecule has 0 unspecified atom stereocenters. The highest BCUT2D eigenvalue weighted by Crippen LogP contribution is 2.15. The minimum absolute atomic E-state index is 0.332. The van der Waals surface area contributed by atoms with Gasteiger partial charge in [0.15, 0.2) is 0 Å². The highest BCUT2D eigenvalue weighted by Gasteiger charge is 2.34. The third-order valence-electron chi connectivity index (χ3n) is 2.67. The third-order valence-corrected chi connectivity index (χ3v) is 2.88. The zero-order valence-electron chi connectivity index (χ0n) is 9.11. The van der Waals surface area contributed by atoms with E-state index in [0.29, 0.717) is 13.1 Å². The number of hydrogen-bond acceptors (Lipinski definition) is 2. The molecule has 1 fully saturated rings. The summed E-state index contributed by atoms with van der Waals surface area (Å²) in [7, 11) is 0. The van der Waals surface area contributed by atoms with Crippen molar-refractivity contribution in [1.29, 1.82) is 0 Å². The largest absolute Gasteiger partial charge is 0.346 e. The third kappa shape index (κ3) is 1.57. The topological polar surface area (TPSA) is 45.5 Å². The number of carbonyl (C=O) groups is 2. The van der Waals surface area contributed by atoms with Crippen molar-refractivity contribution in [2.75, 3.05) is 18.1 Å². The van der Waals surface area contributed by atoms with Crippen molar-refractivity contribution in [3.8, 4) is 0 Å². The van der Waals surface area contributed by atoms with Gasteiger partial charge in [-0.15, -0.1) is 0 Å². The molecule has 2 rings (SSSR count). The first kappa shape index (κ1) is 11.0. The van der Waals surface area contributed by atoms with Crippen LogP contribution in [0.1, 0.15) is 11.4 Å². The molecular formula is C10H12ClN3O2. The quantitative estimate of drug-likeness (QED) is 0.556. The van der Waals surface area contributed by atoms with Gasteiger partial charge in [0, 0.05) is 11.4 Å². The van der Waals surface area contributed by atoms with Gasteiger partial charge in [-0.05, 0) is 37.6 Å². The van der Waals surface area contributed by atoms with Gasteiger partial charge < -0.3 is 0 Å². The first-order valence-corrected chi connectivity index (χ1v) is 5.34. The Hall–Kier alpha value is -1.49. The number of rotatable bonds is 1. The van der Waals surface area contributed by atoms with Crippen LogP contribution in [0.5, 0.6) is 0 Å². The molecule has 16 heavy (non-hydrogen) atoms. The molecule has 0 spiro atoms. The molecule has 1 saturated heterocycles. The van der Waals surface area contributed by atoms with Crippen LogP contribution < -0.4 is 5.01 Å². The van der Waals surface area contributed by atoms with Crippen LogP contribution in [-0.2, 0) is 0 Å². The Kier molecular flexibility index (Phi) is 2.63. The smallest absolute Gasteiger partial charge is 0.259 e. The fraction of sp³-hybridized carbons (Fsp3) is 0.400. The van der Waals surface area contributed by atoms with Crippen molar-refractivity contribution in [3.05, 3.63) is 23.5 Å². The summed E-state index contributed by atoms with van der Waals surface area (Å²) < 4.78 is 1.79. The first-order chi connectivity index (χ1) is 7.52. The minimum Gasteiger partial charge on any atom is -0.259 e. The lowest BCUT2D eigenvalue weighted by Gasteiger charge is -2.21. The van der Waals surface area contributed by atoms with Gasteiger partial charge in [0.05, 0.1) is 13.1 Å². The molecule has 1 aromatic heterocycles. The maximum Gasteiger partial charge on any atom is 0.346 e. The standard InChI is InChI=1S/C10H12ClN3O2/c1-7-3-4-8(2)14(7)13-6-5-12(9(11)15)10(13)16/h3-4H,5-6H2,1-2H3. The predicted octanol–water partition coefficient (Wildman–Crippen LogP) is 1.84. The van der Waals surface area contributed by atoms with Crippen molar-refractivity contribution < 1.29 is 9.59 Å². The first-order valence-electron chi connectivity index (χ1n) is 4.96. The molecular weight excluding hydrogens is 230 g/mol. The van der Waals surface area contributed by atoms with Crippen LogP contribution >= 0.6 is 11.6 Å². The lowest BCUT2D eigenvalue weighted by molar-refractivity contribution is 0.212. The lowest BCUT2D eigenvalue weighted by atomic mass is 10.5. The van der Waals surface area contributed by atoms with Gasteiger partial charge in [-0.3, -0.25) is 9.47 Å². The molecule has 1 aliphatic heterocycles. The molecule has 5 nitrogen and oxygen atoms in total.